The maximum Gasteiger partial charge on any atom is 0.251 e. The number of halogens is 2. The zero-order chi connectivity index (χ0) is 21.7. The van der Waals surface area contributed by atoms with Crippen LogP contribution in [0.5, 0.6) is 0 Å². The highest BCUT2D eigenvalue weighted by molar-refractivity contribution is 7.99. The van der Waals surface area contributed by atoms with E-state index in [-0.39, 0.29) is 23.6 Å². The van der Waals surface area contributed by atoms with E-state index in [1.807, 2.05) is 13.0 Å². The Bertz CT molecular complexity index is 1060. The highest BCUT2D eigenvalue weighted by Crippen LogP contribution is 2.29. The molecule has 1 atom stereocenters. The molecule has 0 aliphatic heterocycles. The summed E-state index contributed by atoms with van der Waals surface area (Å²) in [6.07, 6.45) is 0. The fourth-order valence-electron chi connectivity index (χ4n) is 2.68. The summed E-state index contributed by atoms with van der Waals surface area (Å²) in [5.74, 6) is 0.247. The van der Waals surface area contributed by atoms with Gasteiger partial charge in [0.05, 0.1) is 27.5 Å². The predicted molar refractivity (Wildman–Crippen MR) is 119 cm³/mol. The maximum absolute atomic E-state index is 12.3. The number of thioether (sulfide) groups is 1. The van der Waals surface area contributed by atoms with Gasteiger partial charge in [-0.2, -0.15) is 0 Å². The highest BCUT2D eigenvalue weighted by atomic mass is 35.5. The first-order chi connectivity index (χ1) is 14.4. The number of benzene rings is 2. The van der Waals surface area contributed by atoms with Gasteiger partial charge in [0.25, 0.3) is 5.91 Å². The molecule has 1 heterocycles. The average Bonchev–Trinajstić information content (AvgIpc) is 3.11. The van der Waals surface area contributed by atoms with Crippen LogP contribution in [0.1, 0.15) is 29.1 Å². The number of aromatic nitrogens is 3. The normalized spacial score (nSPS) is 11.7. The molecule has 0 fully saturated rings. The molecule has 0 unspecified atom stereocenters. The summed E-state index contributed by atoms with van der Waals surface area (Å²) in [4.78, 5) is 24.6. The monoisotopic (exact) mass is 463 g/mol. The smallest absolute Gasteiger partial charge is 0.251 e. The number of nitrogens with zero attached hydrogens (tertiary/aromatic N) is 3. The number of rotatable bonds is 7. The van der Waals surface area contributed by atoms with Crippen LogP contribution in [-0.4, -0.2) is 32.3 Å². The van der Waals surface area contributed by atoms with E-state index < -0.39 is 0 Å². The average molecular weight is 464 g/mol. The van der Waals surface area contributed by atoms with E-state index in [1.165, 1.54) is 11.8 Å². The molecule has 10 heteroatoms. The number of amides is 2. The number of hydrogen-bond acceptors (Lipinski definition) is 5. The van der Waals surface area contributed by atoms with E-state index in [1.54, 1.807) is 54.1 Å². The fourth-order valence-corrected chi connectivity index (χ4v) is 3.75. The van der Waals surface area contributed by atoms with Gasteiger partial charge >= 0.3 is 0 Å². The van der Waals surface area contributed by atoms with Crippen molar-refractivity contribution in [1.29, 1.82) is 0 Å². The first-order valence-corrected chi connectivity index (χ1v) is 10.7. The van der Waals surface area contributed by atoms with Crippen LogP contribution in [0.25, 0.3) is 0 Å². The van der Waals surface area contributed by atoms with E-state index in [0.717, 1.165) is 0 Å². The molecule has 7 nitrogen and oxygen atoms in total. The van der Waals surface area contributed by atoms with Crippen LogP contribution in [0.3, 0.4) is 0 Å². The Morgan fingerprint density at radius 1 is 1.10 bits per heavy atom. The van der Waals surface area contributed by atoms with Gasteiger partial charge in [-0.15, -0.1) is 10.2 Å². The number of anilines is 1. The Hall–Kier alpha value is -2.55. The van der Waals surface area contributed by atoms with Crippen LogP contribution in [-0.2, 0) is 11.8 Å². The molecule has 2 N–H and O–H groups in total. The Kier molecular flexibility index (Phi) is 7.36. The van der Waals surface area contributed by atoms with Crippen molar-refractivity contribution in [3.63, 3.8) is 0 Å². The Morgan fingerprint density at radius 3 is 2.57 bits per heavy atom. The zero-order valence-corrected chi connectivity index (χ0v) is 18.6. The minimum Gasteiger partial charge on any atom is -0.342 e. The minimum atomic E-state index is -0.358. The molecule has 0 radical (unpaired) electrons. The summed E-state index contributed by atoms with van der Waals surface area (Å²) in [5, 5.41) is 15.1. The van der Waals surface area contributed by atoms with Gasteiger partial charge in [-0.05, 0) is 31.2 Å². The highest BCUT2D eigenvalue weighted by Gasteiger charge is 2.19. The Labute approximate surface area is 188 Å². The van der Waals surface area contributed by atoms with Crippen LogP contribution >= 0.6 is 35.0 Å². The molecule has 0 bridgehead atoms. The molecule has 3 aromatic rings. The van der Waals surface area contributed by atoms with Crippen molar-refractivity contribution in [3.8, 4) is 0 Å². The standard InChI is InChI=1S/C20H19Cl2N5O2S/c1-12(23-19(29)13-7-4-3-5-8-13)18-25-26-20(27(18)2)30-11-16(28)24-15-10-6-9-14(21)17(15)22/h3-10,12H,11H2,1-2H3,(H,23,29)(H,24,28)/t12-/m1/s1. The van der Waals surface area contributed by atoms with Gasteiger partial charge in [0.2, 0.25) is 5.91 Å². The van der Waals surface area contributed by atoms with E-state index in [0.29, 0.717) is 32.3 Å². The number of nitrogens with one attached hydrogen (secondary N) is 2. The molecular weight excluding hydrogens is 445 g/mol. The second kappa shape index (κ2) is 9.97. The summed E-state index contributed by atoms with van der Waals surface area (Å²) in [6, 6.07) is 13.6. The molecule has 0 saturated carbocycles. The Balaban J connectivity index is 1.59. The molecule has 0 saturated heterocycles. The maximum atomic E-state index is 12.3. The van der Waals surface area contributed by atoms with Crippen molar-refractivity contribution in [2.75, 3.05) is 11.1 Å². The molecule has 2 amide bonds. The lowest BCUT2D eigenvalue weighted by atomic mass is 10.2. The van der Waals surface area contributed by atoms with E-state index in [4.69, 9.17) is 23.2 Å². The lowest BCUT2D eigenvalue weighted by Gasteiger charge is -2.13. The fraction of sp³-hybridized carbons (Fsp3) is 0.200. The summed E-state index contributed by atoms with van der Waals surface area (Å²) >= 11 is 13.3. The van der Waals surface area contributed by atoms with Crippen LogP contribution < -0.4 is 10.6 Å². The van der Waals surface area contributed by atoms with Crippen LogP contribution in [0.2, 0.25) is 10.0 Å². The summed E-state index contributed by atoms with van der Waals surface area (Å²) in [5.41, 5.74) is 1.02. The van der Waals surface area contributed by atoms with Crippen molar-refractivity contribution < 1.29 is 9.59 Å². The molecule has 0 aliphatic rings. The van der Waals surface area contributed by atoms with Gasteiger partial charge in [0, 0.05) is 12.6 Å². The lowest BCUT2D eigenvalue weighted by molar-refractivity contribution is -0.113. The molecule has 0 aliphatic carbocycles. The molecular formula is C20H19Cl2N5O2S. The SMILES string of the molecule is C[C@@H](NC(=O)c1ccccc1)c1nnc(SCC(=O)Nc2cccc(Cl)c2Cl)n1C. The quantitative estimate of drug-likeness (QED) is 0.508. The van der Waals surface area contributed by atoms with Gasteiger partial charge in [-0.25, -0.2) is 0 Å². The van der Waals surface area contributed by atoms with E-state index in [2.05, 4.69) is 20.8 Å². The third-order valence-electron chi connectivity index (χ3n) is 4.20. The topological polar surface area (TPSA) is 88.9 Å². The van der Waals surface area contributed by atoms with Crippen molar-refractivity contribution >= 4 is 52.5 Å². The summed E-state index contributed by atoms with van der Waals surface area (Å²) in [6.45, 7) is 1.83. The lowest BCUT2D eigenvalue weighted by Crippen LogP contribution is -2.28. The molecule has 30 heavy (non-hydrogen) atoms. The van der Waals surface area contributed by atoms with Crippen molar-refractivity contribution in [1.82, 2.24) is 20.1 Å². The van der Waals surface area contributed by atoms with Crippen LogP contribution in [0.15, 0.2) is 53.7 Å². The first-order valence-electron chi connectivity index (χ1n) is 8.98. The molecule has 156 valence electrons. The zero-order valence-electron chi connectivity index (χ0n) is 16.2. The molecule has 0 spiro atoms. The third-order valence-corrected chi connectivity index (χ3v) is 6.04. The first kappa shape index (κ1) is 22.1. The van der Waals surface area contributed by atoms with E-state index >= 15 is 0 Å². The number of hydrogen-bond donors (Lipinski definition) is 2. The largest absolute Gasteiger partial charge is 0.342 e. The molecule has 2 aromatic carbocycles. The minimum absolute atomic E-state index is 0.111. The number of carbonyl (C=O) groups is 2. The number of carbonyl (C=O) groups excluding carboxylic acids is 2. The summed E-state index contributed by atoms with van der Waals surface area (Å²) < 4.78 is 1.75. The van der Waals surface area contributed by atoms with Crippen LogP contribution in [0, 0.1) is 0 Å². The van der Waals surface area contributed by atoms with Gasteiger partial charge < -0.3 is 15.2 Å². The molecule has 3 rings (SSSR count). The van der Waals surface area contributed by atoms with Gasteiger partial charge in [-0.1, -0.05) is 59.2 Å². The second-order valence-corrected chi connectivity index (χ2v) is 8.13. The second-order valence-electron chi connectivity index (χ2n) is 6.40. The van der Waals surface area contributed by atoms with Gasteiger partial charge in [-0.3, -0.25) is 9.59 Å². The van der Waals surface area contributed by atoms with Crippen LogP contribution in [0.4, 0.5) is 5.69 Å². The van der Waals surface area contributed by atoms with Gasteiger partial charge in [0.15, 0.2) is 11.0 Å². The molecule has 1 aromatic heterocycles. The van der Waals surface area contributed by atoms with Crippen molar-refractivity contribution in [2.45, 2.75) is 18.1 Å². The van der Waals surface area contributed by atoms with Crippen molar-refractivity contribution in [2.24, 2.45) is 7.05 Å². The van der Waals surface area contributed by atoms with Crippen molar-refractivity contribution in [3.05, 3.63) is 70.0 Å². The third kappa shape index (κ3) is 5.33. The predicted octanol–water partition coefficient (Wildman–Crippen LogP) is 4.34. The van der Waals surface area contributed by atoms with E-state index in [9.17, 15) is 9.59 Å². The summed E-state index contributed by atoms with van der Waals surface area (Å²) in [7, 11) is 1.79. The Morgan fingerprint density at radius 2 is 1.83 bits per heavy atom. The van der Waals surface area contributed by atoms with Gasteiger partial charge in [0.1, 0.15) is 0 Å².